The van der Waals surface area contributed by atoms with Gasteiger partial charge in [-0.15, -0.1) is 25.3 Å². The van der Waals surface area contributed by atoms with E-state index in [2.05, 4.69) is 25.3 Å². The lowest BCUT2D eigenvalue weighted by Gasteiger charge is -1.94. The van der Waals surface area contributed by atoms with Crippen LogP contribution < -0.4 is 0 Å². The molecule has 0 bridgehead atoms. The Labute approximate surface area is 64.5 Å². The zero-order valence-corrected chi connectivity index (χ0v) is 6.36. The first kappa shape index (κ1) is 6.83. The first-order chi connectivity index (χ1) is 4.18. The smallest absolute Gasteiger partial charge is 0.117 e. The third-order valence-electron chi connectivity index (χ3n) is 0.887. The largest absolute Gasteiger partial charge is 0.508 e. The van der Waals surface area contributed by atoms with Crippen molar-refractivity contribution in [3.8, 4) is 5.75 Å². The first-order valence-electron chi connectivity index (χ1n) is 2.40. The van der Waals surface area contributed by atoms with E-state index in [1.165, 1.54) is 0 Å². The Morgan fingerprint density at radius 1 is 1.00 bits per heavy atom. The number of hydrogen-bond donors (Lipinski definition) is 3. The summed E-state index contributed by atoms with van der Waals surface area (Å²) in [6.45, 7) is 0. The molecule has 0 aliphatic carbocycles. The van der Waals surface area contributed by atoms with Gasteiger partial charge in [0.1, 0.15) is 5.75 Å². The minimum Gasteiger partial charge on any atom is -0.508 e. The first-order valence-corrected chi connectivity index (χ1v) is 3.30. The molecule has 0 radical (unpaired) electrons. The highest BCUT2D eigenvalue weighted by Crippen LogP contribution is 2.20. The fourth-order valence-corrected chi connectivity index (χ4v) is 1.22. The van der Waals surface area contributed by atoms with E-state index in [-0.39, 0.29) is 5.75 Å². The van der Waals surface area contributed by atoms with Gasteiger partial charge in [-0.25, -0.2) is 0 Å². The summed E-state index contributed by atoms with van der Waals surface area (Å²) in [5.41, 5.74) is 0. The summed E-state index contributed by atoms with van der Waals surface area (Å²) >= 11 is 8.03. The van der Waals surface area contributed by atoms with Crippen LogP contribution in [0.5, 0.6) is 5.75 Å². The number of thiol groups is 2. The number of hydrogen-bond acceptors (Lipinski definition) is 3. The van der Waals surface area contributed by atoms with Gasteiger partial charge < -0.3 is 5.11 Å². The molecule has 0 saturated heterocycles. The van der Waals surface area contributed by atoms with Crippen LogP contribution >= 0.6 is 25.3 Å². The Morgan fingerprint density at radius 2 is 1.44 bits per heavy atom. The van der Waals surface area contributed by atoms with E-state index in [0.29, 0.717) is 0 Å². The maximum atomic E-state index is 8.90. The van der Waals surface area contributed by atoms with Crippen LogP contribution in [-0.4, -0.2) is 5.11 Å². The molecule has 0 aliphatic heterocycles. The Balaban J connectivity index is 3.17. The third kappa shape index (κ3) is 1.84. The van der Waals surface area contributed by atoms with Crippen molar-refractivity contribution in [3.63, 3.8) is 0 Å². The van der Waals surface area contributed by atoms with Gasteiger partial charge in [-0.3, -0.25) is 0 Å². The quantitative estimate of drug-likeness (QED) is 0.493. The van der Waals surface area contributed by atoms with Crippen LogP contribution in [0.4, 0.5) is 0 Å². The van der Waals surface area contributed by atoms with Crippen molar-refractivity contribution in [1.29, 1.82) is 0 Å². The Hall–Kier alpha value is -0.280. The minimum atomic E-state index is 0.201. The molecule has 0 spiro atoms. The molecule has 3 heteroatoms. The van der Waals surface area contributed by atoms with Crippen LogP contribution in [0.25, 0.3) is 0 Å². The molecule has 0 fully saturated rings. The molecule has 0 amide bonds. The van der Waals surface area contributed by atoms with E-state index in [9.17, 15) is 0 Å². The van der Waals surface area contributed by atoms with E-state index in [1.807, 2.05) is 0 Å². The van der Waals surface area contributed by atoms with Crippen molar-refractivity contribution >= 4 is 25.3 Å². The van der Waals surface area contributed by atoms with Crippen LogP contribution in [0.1, 0.15) is 0 Å². The molecule has 0 unspecified atom stereocenters. The summed E-state index contributed by atoms with van der Waals surface area (Å²) in [4.78, 5) is 1.44. The van der Waals surface area contributed by atoms with Gasteiger partial charge in [0.15, 0.2) is 0 Å². The summed E-state index contributed by atoms with van der Waals surface area (Å²) in [6.07, 6.45) is 0. The molecule has 0 aromatic heterocycles. The zero-order valence-electron chi connectivity index (χ0n) is 4.57. The molecular weight excluding hydrogens is 152 g/mol. The average Bonchev–Trinajstić information content (AvgIpc) is 1.59. The minimum absolute atomic E-state index is 0.201. The highest BCUT2D eigenvalue weighted by Gasteiger charge is 1.91. The number of benzene rings is 1. The normalized spacial score (nSPS) is 9.56. The molecule has 1 rings (SSSR count). The van der Waals surface area contributed by atoms with Crippen molar-refractivity contribution in [2.24, 2.45) is 0 Å². The molecule has 0 aliphatic rings. The zero-order chi connectivity index (χ0) is 6.85. The maximum Gasteiger partial charge on any atom is 0.117 e. The van der Waals surface area contributed by atoms with Crippen molar-refractivity contribution in [3.05, 3.63) is 18.2 Å². The van der Waals surface area contributed by atoms with Crippen LogP contribution in [0.3, 0.4) is 0 Å². The maximum absolute atomic E-state index is 8.90. The monoisotopic (exact) mass is 158 g/mol. The predicted molar refractivity (Wildman–Crippen MR) is 42.6 cm³/mol. The molecule has 48 valence electrons. The molecule has 0 saturated carbocycles. The van der Waals surface area contributed by atoms with Crippen LogP contribution in [0, 0.1) is 0 Å². The van der Waals surface area contributed by atoms with Crippen molar-refractivity contribution in [2.75, 3.05) is 0 Å². The highest BCUT2D eigenvalue weighted by atomic mass is 32.1. The number of phenols is 1. The lowest BCUT2D eigenvalue weighted by molar-refractivity contribution is 0.472. The number of rotatable bonds is 0. The van der Waals surface area contributed by atoms with Gasteiger partial charge in [-0.1, -0.05) is 0 Å². The molecule has 1 aromatic rings. The number of phenolic OH excluding ortho intramolecular Hbond substituents is 1. The summed E-state index contributed by atoms with van der Waals surface area (Å²) in [6, 6.07) is 4.87. The van der Waals surface area contributed by atoms with Gasteiger partial charge in [0.25, 0.3) is 0 Å². The SMILES string of the molecule is Oc1cc(S)cc(S)c1. The molecule has 1 aromatic carbocycles. The molecule has 0 heterocycles. The van der Waals surface area contributed by atoms with E-state index in [4.69, 9.17) is 5.11 Å². The summed E-state index contributed by atoms with van der Waals surface area (Å²) in [7, 11) is 0. The highest BCUT2D eigenvalue weighted by molar-refractivity contribution is 7.81. The molecule has 1 nitrogen and oxygen atoms in total. The van der Waals surface area contributed by atoms with E-state index < -0.39 is 0 Å². The van der Waals surface area contributed by atoms with E-state index >= 15 is 0 Å². The van der Waals surface area contributed by atoms with Gasteiger partial charge in [0.05, 0.1) is 0 Å². The molecule has 1 N–H and O–H groups in total. The second kappa shape index (κ2) is 2.54. The standard InChI is InChI=1S/C6H6OS2/c7-4-1-5(8)3-6(9)2-4/h1-3,7-9H. The Kier molecular flexibility index (Phi) is 1.93. The number of aromatic hydroxyl groups is 1. The molecular formula is C6H6OS2. The van der Waals surface area contributed by atoms with E-state index in [0.717, 1.165) is 9.79 Å². The van der Waals surface area contributed by atoms with Gasteiger partial charge in [0.2, 0.25) is 0 Å². The van der Waals surface area contributed by atoms with Gasteiger partial charge in [-0.2, -0.15) is 0 Å². The lowest BCUT2D eigenvalue weighted by atomic mass is 10.3. The van der Waals surface area contributed by atoms with Gasteiger partial charge in [-0.05, 0) is 18.2 Å². The van der Waals surface area contributed by atoms with Gasteiger partial charge in [0, 0.05) is 9.79 Å². The molecule has 0 atom stereocenters. The predicted octanol–water partition coefficient (Wildman–Crippen LogP) is 1.97. The summed E-state index contributed by atoms with van der Waals surface area (Å²) < 4.78 is 0. The van der Waals surface area contributed by atoms with Crippen molar-refractivity contribution in [2.45, 2.75) is 9.79 Å². The average molecular weight is 158 g/mol. The van der Waals surface area contributed by atoms with E-state index in [1.54, 1.807) is 18.2 Å². The second-order valence-corrected chi connectivity index (χ2v) is 2.74. The Morgan fingerprint density at radius 3 is 1.78 bits per heavy atom. The third-order valence-corrected chi connectivity index (χ3v) is 1.40. The van der Waals surface area contributed by atoms with Crippen molar-refractivity contribution < 1.29 is 5.11 Å². The fraction of sp³-hybridized carbons (Fsp3) is 0. The molecule has 9 heavy (non-hydrogen) atoms. The van der Waals surface area contributed by atoms with Crippen LogP contribution in [-0.2, 0) is 0 Å². The lowest BCUT2D eigenvalue weighted by Crippen LogP contribution is -1.67. The second-order valence-electron chi connectivity index (χ2n) is 1.71. The Bertz CT molecular complexity index is 172. The van der Waals surface area contributed by atoms with Gasteiger partial charge >= 0.3 is 0 Å². The van der Waals surface area contributed by atoms with Crippen molar-refractivity contribution in [1.82, 2.24) is 0 Å². The summed E-state index contributed by atoms with van der Waals surface area (Å²) in [5.74, 6) is 0.201. The fourth-order valence-electron chi connectivity index (χ4n) is 0.580. The summed E-state index contributed by atoms with van der Waals surface area (Å²) in [5, 5.41) is 8.90. The van der Waals surface area contributed by atoms with Crippen LogP contribution in [0.2, 0.25) is 0 Å². The van der Waals surface area contributed by atoms with Crippen LogP contribution in [0.15, 0.2) is 28.0 Å². The topological polar surface area (TPSA) is 20.2 Å².